The van der Waals surface area contributed by atoms with E-state index in [2.05, 4.69) is 4.98 Å². The molecule has 0 radical (unpaired) electrons. The van der Waals surface area contributed by atoms with Crippen LogP contribution in [0.5, 0.6) is 0 Å². The molecule has 0 saturated heterocycles. The van der Waals surface area contributed by atoms with Gasteiger partial charge in [0, 0.05) is 5.39 Å². The Morgan fingerprint density at radius 2 is 1.94 bits per heavy atom. The van der Waals surface area contributed by atoms with Gasteiger partial charge in [-0.2, -0.15) is 0 Å². The Bertz CT molecular complexity index is 652. The summed E-state index contributed by atoms with van der Waals surface area (Å²) < 4.78 is 5.68. The first-order valence-corrected chi connectivity index (χ1v) is 5.28. The number of aromatic nitrogens is 1. The molecule has 0 atom stereocenters. The van der Waals surface area contributed by atoms with Gasteiger partial charge in [-0.05, 0) is 24.3 Å². The molecule has 0 bridgehead atoms. The van der Waals surface area contributed by atoms with Crippen molar-refractivity contribution in [3.05, 3.63) is 54.2 Å². The molecule has 3 heteroatoms. The molecule has 3 aromatic rings. The van der Waals surface area contributed by atoms with Gasteiger partial charge >= 0.3 is 0 Å². The number of nitrogens with zero attached hydrogens (tertiary/aromatic N) is 1. The Labute approximate surface area is 97.7 Å². The van der Waals surface area contributed by atoms with Crippen molar-refractivity contribution in [3.8, 4) is 11.5 Å². The van der Waals surface area contributed by atoms with E-state index < -0.39 is 0 Å². The molecule has 0 unspecified atom stereocenters. The highest BCUT2D eigenvalue weighted by molar-refractivity contribution is 5.82. The van der Waals surface area contributed by atoms with Gasteiger partial charge in [0.15, 0.2) is 12.0 Å². The summed E-state index contributed by atoms with van der Waals surface area (Å²) in [6, 6.07) is 15.0. The van der Waals surface area contributed by atoms with Crippen LogP contribution in [0, 0.1) is 0 Å². The molecule has 82 valence electrons. The first-order chi connectivity index (χ1) is 8.36. The number of hydrogen-bond acceptors (Lipinski definition) is 3. The zero-order valence-corrected chi connectivity index (χ0v) is 8.96. The van der Waals surface area contributed by atoms with Crippen LogP contribution >= 0.6 is 0 Å². The maximum atomic E-state index is 10.7. The third kappa shape index (κ3) is 1.72. The average Bonchev–Trinajstić information content (AvgIpc) is 2.82. The monoisotopic (exact) mass is 223 g/mol. The highest BCUT2D eigenvalue weighted by Crippen LogP contribution is 2.26. The van der Waals surface area contributed by atoms with E-state index in [4.69, 9.17) is 4.42 Å². The van der Waals surface area contributed by atoms with Crippen LogP contribution in [0.15, 0.2) is 52.9 Å². The number of carbonyl (C=O) groups excluding carboxylic acids is 1. The van der Waals surface area contributed by atoms with Gasteiger partial charge in [0.25, 0.3) is 0 Å². The maximum absolute atomic E-state index is 10.7. The molecule has 0 N–H and O–H groups in total. The lowest BCUT2D eigenvalue weighted by Crippen LogP contribution is -1.87. The van der Waals surface area contributed by atoms with Gasteiger partial charge in [0.05, 0.1) is 0 Å². The summed E-state index contributed by atoms with van der Waals surface area (Å²) in [5, 5.41) is 1.03. The Morgan fingerprint density at radius 3 is 2.76 bits per heavy atom. The molecule has 0 saturated carbocycles. The van der Waals surface area contributed by atoms with Gasteiger partial charge in [-0.15, -0.1) is 0 Å². The number of hydrogen-bond donors (Lipinski definition) is 0. The summed E-state index contributed by atoms with van der Waals surface area (Å²) in [4.78, 5) is 14.9. The average molecular weight is 223 g/mol. The highest BCUT2D eigenvalue weighted by Gasteiger charge is 2.07. The molecule has 2 heterocycles. The van der Waals surface area contributed by atoms with Crippen LogP contribution in [0.1, 0.15) is 10.5 Å². The molecular formula is C14H9NO2. The molecule has 0 aliphatic rings. The van der Waals surface area contributed by atoms with Gasteiger partial charge < -0.3 is 4.42 Å². The zero-order chi connectivity index (χ0) is 11.7. The standard InChI is InChI=1S/C14H9NO2/c16-9-11-5-3-6-12(15-11)14-8-10-4-1-2-7-13(10)17-14/h1-9H. The number of benzene rings is 1. The smallest absolute Gasteiger partial charge is 0.168 e. The van der Waals surface area contributed by atoms with Gasteiger partial charge in [-0.25, -0.2) is 4.98 Å². The van der Waals surface area contributed by atoms with Crippen molar-refractivity contribution in [3.63, 3.8) is 0 Å². The van der Waals surface area contributed by atoms with Gasteiger partial charge in [-0.3, -0.25) is 4.79 Å². The third-order valence-electron chi connectivity index (χ3n) is 2.57. The fourth-order valence-corrected chi connectivity index (χ4v) is 1.76. The van der Waals surface area contributed by atoms with Crippen molar-refractivity contribution in [2.45, 2.75) is 0 Å². The van der Waals surface area contributed by atoms with Crippen LogP contribution in [-0.4, -0.2) is 11.3 Å². The number of rotatable bonds is 2. The number of furan rings is 1. The van der Waals surface area contributed by atoms with Gasteiger partial charge in [0.2, 0.25) is 0 Å². The lowest BCUT2D eigenvalue weighted by atomic mass is 10.2. The second-order valence-corrected chi connectivity index (χ2v) is 3.71. The van der Waals surface area contributed by atoms with E-state index in [-0.39, 0.29) is 0 Å². The topological polar surface area (TPSA) is 43.1 Å². The van der Waals surface area contributed by atoms with Crippen molar-refractivity contribution in [2.24, 2.45) is 0 Å². The number of para-hydroxylation sites is 1. The Hall–Kier alpha value is -2.42. The minimum absolute atomic E-state index is 0.406. The van der Waals surface area contributed by atoms with E-state index in [1.807, 2.05) is 36.4 Å². The predicted molar refractivity (Wildman–Crippen MR) is 64.8 cm³/mol. The van der Waals surface area contributed by atoms with Gasteiger partial charge in [0.1, 0.15) is 17.0 Å². The van der Waals surface area contributed by atoms with E-state index in [1.54, 1.807) is 12.1 Å². The van der Waals surface area contributed by atoms with Crippen LogP contribution in [0.25, 0.3) is 22.4 Å². The summed E-state index contributed by atoms with van der Waals surface area (Å²) in [6.07, 6.45) is 0.728. The second-order valence-electron chi connectivity index (χ2n) is 3.71. The lowest BCUT2D eigenvalue weighted by Gasteiger charge is -1.95. The predicted octanol–water partition coefficient (Wildman–Crippen LogP) is 3.31. The first kappa shape index (κ1) is 9.78. The first-order valence-electron chi connectivity index (χ1n) is 5.28. The fourth-order valence-electron chi connectivity index (χ4n) is 1.76. The minimum atomic E-state index is 0.406. The second kappa shape index (κ2) is 3.87. The van der Waals surface area contributed by atoms with E-state index in [1.165, 1.54) is 0 Å². The highest BCUT2D eigenvalue weighted by atomic mass is 16.3. The normalized spacial score (nSPS) is 10.6. The SMILES string of the molecule is O=Cc1cccc(-c2cc3ccccc3o2)n1. The number of aldehydes is 1. The van der Waals surface area contributed by atoms with E-state index >= 15 is 0 Å². The van der Waals surface area contributed by atoms with E-state index in [9.17, 15) is 4.79 Å². The van der Waals surface area contributed by atoms with Crippen LogP contribution in [0.4, 0.5) is 0 Å². The summed E-state index contributed by atoms with van der Waals surface area (Å²) >= 11 is 0. The molecule has 3 rings (SSSR count). The fraction of sp³-hybridized carbons (Fsp3) is 0. The van der Waals surface area contributed by atoms with Crippen molar-refractivity contribution >= 4 is 17.3 Å². The Balaban J connectivity index is 2.16. The van der Waals surface area contributed by atoms with Crippen LogP contribution in [0.3, 0.4) is 0 Å². The molecule has 17 heavy (non-hydrogen) atoms. The van der Waals surface area contributed by atoms with Crippen molar-refractivity contribution < 1.29 is 9.21 Å². The lowest BCUT2D eigenvalue weighted by molar-refractivity contribution is 0.111. The molecular weight excluding hydrogens is 214 g/mol. The molecule has 1 aromatic carbocycles. The summed E-state index contributed by atoms with van der Waals surface area (Å²) in [6.45, 7) is 0. The largest absolute Gasteiger partial charge is 0.454 e. The molecule has 0 amide bonds. The number of fused-ring (bicyclic) bond motifs is 1. The zero-order valence-electron chi connectivity index (χ0n) is 8.96. The van der Waals surface area contributed by atoms with Crippen LogP contribution in [-0.2, 0) is 0 Å². The number of carbonyl (C=O) groups is 1. The third-order valence-corrected chi connectivity index (χ3v) is 2.57. The minimum Gasteiger partial charge on any atom is -0.454 e. The Morgan fingerprint density at radius 1 is 1.06 bits per heavy atom. The maximum Gasteiger partial charge on any atom is 0.168 e. The molecule has 0 fully saturated rings. The molecule has 0 spiro atoms. The van der Waals surface area contributed by atoms with E-state index in [0.29, 0.717) is 17.1 Å². The quantitative estimate of drug-likeness (QED) is 0.626. The molecule has 3 nitrogen and oxygen atoms in total. The Kier molecular flexibility index (Phi) is 2.22. The van der Waals surface area contributed by atoms with Crippen LogP contribution < -0.4 is 0 Å². The van der Waals surface area contributed by atoms with Crippen molar-refractivity contribution in [1.82, 2.24) is 4.98 Å². The molecule has 0 aliphatic carbocycles. The van der Waals surface area contributed by atoms with Crippen LogP contribution in [0.2, 0.25) is 0 Å². The van der Waals surface area contributed by atoms with Crippen molar-refractivity contribution in [1.29, 1.82) is 0 Å². The van der Waals surface area contributed by atoms with Gasteiger partial charge in [-0.1, -0.05) is 24.3 Å². The summed E-state index contributed by atoms with van der Waals surface area (Å²) in [5.74, 6) is 0.676. The number of pyridine rings is 1. The van der Waals surface area contributed by atoms with Crippen molar-refractivity contribution in [2.75, 3.05) is 0 Å². The van der Waals surface area contributed by atoms with E-state index in [0.717, 1.165) is 17.3 Å². The molecule has 0 aliphatic heterocycles. The summed E-state index contributed by atoms with van der Waals surface area (Å²) in [7, 11) is 0. The molecule has 2 aromatic heterocycles. The summed E-state index contributed by atoms with van der Waals surface area (Å²) in [5.41, 5.74) is 1.90.